The summed E-state index contributed by atoms with van der Waals surface area (Å²) in [5.74, 6) is 0. The van der Waals surface area contributed by atoms with Crippen molar-refractivity contribution in [1.29, 1.82) is 0 Å². The smallest absolute Gasteiger partial charge is 0.324 e. The molecule has 0 spiro atoms. The van der Waals surface area contributed by atoms with Crippen LogP contribution in [0.4, 0.5) is 0 Å². The van der Waals surface area contributed by atoms with Crippen molar-refractivity contribution in [2.75, 3.05) is 0 Å². The third-order valence-corrected chi connectivity index (χ3v) is 3.78. The zero-order chi connectivity index (χ0) is 13.6. The monoisotopic (exact) mass is 292 g/mol. The largest absolute Gasteiger partial charge is 0.376 e. The molecule has 0 atom stereocenters. The van der Waals surface area contributed by atoms with Crippen molar-refractivity contribution in [2.45, 2.75) is 6.16 Å². The Balaban J connectivity index is 2.60. The first-order valence-electron chi connectivity index (χ1n) is 4.74. The number of fused-ring (bicyclic) bond motifs is 1. The molecule has 2 rings (SSSR count). The fourth-order valence-corrected chi connectivity index (χ4v) is 2.71. The fraction of sp³-hybridized carbons (Fsp3) is 0.125. The Morgan fingerprint density at radius 3 is 2.39 bits per heavy atom. The van der Waals surface area contributed by atoms with Crippen molar-refractivity contribution in [3.63, 3.8) is 0 Å². The van der Waals surface area contributed by atoms with Crippen LogP contribution in [-0.4, -0.2) is 29.0 Å². The van der Waals surface area contributed by atoms with Crippen molar-refractivity contribution in [3.05, 3.63) is 30.1 Å². The van der Waals surface area contributed by atoms with E-state index in [-0.39, 0.29) is 11.3 Å². The average molecular weight is 292 g/mol. The van der Waals surface area contributed by atoms with Gasteiger partial charge in [0.15, 0.2) is 5.44 Å². The third kappa shape index (κ3) is 2.87. The zero-order valence-electron chi connectivity index (χ0n) is 8.91. The minimum Gasteiger partial charge on any atom is -0.324 e. The summed E-state index contributed by atoms with van der Waals surface area (Å²) in [5.41, 5.74) is 0.0213. The fourth-order valence-electron chi connectivity index (χ4n) is 1.54. The molecule has 0 aliphatic carbocycles. The van der Waals surface area contributed by atoms with Gasteiger partial charge in [-0.2, -0.15) is 0 Å². The lowest BCUT2D eigenvalue weighted by Gasteiger charge is -2.06. The molecule has 0 bridgehead atoms. The van der Waals surface area contributed by atoms with Gasteiger partial charge in [-0.3, -0.25) is 9.13 Å². The molecule has 0 aliphatic rings. The van der Waals surface area contributed by atoms with E-state index in [9.17, 15) is 9.13 Å². The van der Waals surface area contributed by atoms with Gasteiger partial charge in [-0.15, -0.1) is 0 Å². The van der Waals surface area contributed by atoms with Gasteiger partial charge in [0.05, 0.1) is 6.16 Å². The minimum atomic E-state index is -4.49. The standard InChI is InChI=1S/C8H10N2O6P2/c11-17(12,13)5-6-2-1-3-7-9-8(4-10(6)7)18(14,15)16/h1-4H,5H2,(H2,11,12,13)(H2,14,15,16). The number of imidazole rings is 1. The Kier molecular flexibility index (Phi) is 3.19. The second-order valence-corrected chi connectivity index (χ2v) is 6.90. The summed E-state index contributed by atoms with van der Waals surface area (Å²) in [6.45, 7) is 0. The number of hydrogen-bond acceptors (Lipinski definition) is 3. The Labute approximate surface area is 101 Å². The van der Waals surface area contributed by atoms with Gasteiger partial charge in [0.25, 0.3) is 0 Å². The van der Waals surface area contributed by atoms with Crippen molar-refractivity contribution in [1.82, 2.24) is 9.38 Å². The van der Waals surface area contributed by atoms with Crippen LogP contribution in [0.5, 0.6) is 0 Å². The van der Waals surface area contributed by atoms with E-state index in [1.807, 2.05) is 0 Å². The van der Waals surface area contributed by atoms with Gasteiger partial charge in [-0.05, 0) is 12.1 Å². The van der Waals surface area contributed by atoms with E-state index in [0.29, 0.717) is 0 Å². The molecule has 18 heavy (non-hydrogen) atoms. The van der Waals surface area contributed by atoms with Crippen LogP contribution < -0.4 is 5.44 Å². The van der Waals surface area contributed by atoms with Crippen LogP contribution in [0.3, 0.4) is 0 Å². The van der Waals surface area contributed by atoms with Gasteiger partial charge in [0.1, 0.15) is 5.65 Å². The van der Waals surface area contributed by atoms with E-state index < -0.39 is 26.8 Å². The first kappa shape index (κ1) is 13.4. The van der Waals surface area contributed by atoms with Crippen LogP contribution >= 0.6 is 15.2 Å². The van der Waals surface area contributed by atoms with Crippen LogP contribution in [0, 0.1) is 0 Å². The van der Waals surface area contributed by atoms with Gasteiger partial charge in [0, 0.05) is 11.9 Å². The molecule has 0 unspecified atom stereocenters. The molecular weight excluding hydrogens is 282 g/mol. The Hall–Kier alpha value is -1.01. The number of rotatable bonds is 3. The maximum atomic E-state index is 11.1. The molecule has 2 aromatic heterocycles. The van der Waals surface area contributed by atoms with Crippen LogP contribution in [0.2, 0.25) is 0 Å². The summed E-state index contributed by atoms with van der Waals surface area (Å²) in [4.78, 5) is 39.6. The molecule has 98 valence electrons. The van der Waals surface area contributed by atoms with Crippen molar-refractivity contribution >= 4 is 26.3 Å². The predicted octanol–water partition coefficient (Wildman–Crippen LogP) is -0.185. The first-order chi connectivity index (χ1) is 8.17. The predicted molar refractivity (Wildman–Crippen MR) is 62.6 cm³/mol. The van der Waals surface area contributed by atoms with Gasteiger partial charge >= 0.3 is 15.2 Å². The summed E-state index contributed by atoms with van der Waals surface area (Å²) >= 11 is 0. The van der Waals surface area contributed by atoms with E-state index in [0.717, 1.165) is 6.20 Å². The quantitative estimate of drug-likeness (QED) is 0.576. The lowest BCUT2D eigenvalue weighted by Crippen LogP contribution is -2.03. The molecule has 0 radical (unpaired) electrons. The summed E-state index contributed by atoms with van der Waals surface area (Å²) in [6.07, 6.45) is 0.558. The number of nitrogens with zero attached hydrogens (tertiary/aromatic N) is 2. The molecule has 0 saturated carbocycles. The molecule has 4 N–H and O–H groups in total. The maximum Gasteiger partial charge on any atom is 0.376 e. The number of hydrogen-bond donors (Lipinski definition) is 4. The van der Waals surface area contributed by atoms with Crippen LogP contribution in [-0.2, 0) is 15.3 Å². The summed E-state index contributed by atoms with van der Waals surface area (Å²) in [7, 11) is -8.75. The van der Waals surface area contributed by atoms with Gasteiger partial charge in [-0.25, -0.2) is 4.98 Å². The van der Waals surface area contributed by atoms with Gasteiger partial charge in [-0.1, -0.05) is 6.07 Å². The highest BCUT2D eigenvalue weighted by Crippen LogP contribution is 2.39. The molecule has 2 heterocycles. The molecule has 0 fully saturated rings. The van der Waals surface area contributed by atoms with Crippen LogP contribution in [0.1, 0.15) is 5.69 Å². The van der Waals surface area contributed by atoms with Crippen LogP contribution in [0.25, 0.3) is 5.65 Å². The van der Waals surface area contributed by atoms with E-state index >= 15 is 0 Å². The van der Waals surface area contributed by atoms with E-state index in [1.165, 1.54) is 22.6 Å². The average Bonchev–Trinajstić information content (AvgIpc) is 2.59. The zero-order valence-corrected chi connectivity index (χ0v) is 10.7. The summed E-state index contributed by atoms with van der Waals surface area (Å²) in [5, 5.41) is 0. The first-order valence-corrected chi connectivity index (χ1v) is 8.15. The highest BCUT2D eigenvalue weighted by molar-refractivity contribution is 7.60. The lowest BCUT2D eigenvalue weighted by atomic mass is 10.4. The molecule has 0 aromatic carbocycles. The number of pyridine rings is 1. The molecule has 0 aliphatic heterocycles. The lowest BCUT2D eigenvalue weighted by molar-refractivity contribution is 0.371. The second-order valence-electron chi connectivity index (χ2n) is 3.71. The molecule has 2 aromatic rings. The maximum absolute atomic E-state index is 11.1. The van der Waals surface area contributed by atoms with E-state index in [1.54, 1.807) is 0 Å². The molecular formula is C8H10N2O6P2. The Morgan fingerprint density at radius 1 is 1.17 bits per heavy atom. The molecule has 0 saturated heterocycles. The Morgan fingerprint density at radius 2 is 1.83 bits per heavy atom. The SMILES string of the molecule is O=P(O)(O)Cc1cccc2nc(P(=O)(O)O)cn12. The summed E-state index contributed by atoms with van der Waals surface area (Å²) in [6, 6.07) is 4.45. The minimum absolute atomic E-state index is 0.222. The highest BCUT2D eigenvalue weighted by atomic mass is 31.2. The van der Waals surface area contributed by atoms with Crippen LogP contribution in [0.15, 0.2) is 24.4 Å². The molecule has 8 nitrogen and oxygen atoms in total. The van der Waals surface area contributed by atoms with Crippen molar-refractivity contribution in [2.24, 2.45) is 0 Å². The van der Waals surface area contributed by atoms with Gasteiger partial charge in [0.2, 0.25) is 0 Å². The second kappa shape index (κ2) is 4.28. The topological polar surface area (TPSA) is 132 Å². The van der Waals surface area contributed by atoms with Gasteiger partial charge < -0.3 is 24.0 Å². The summed E-state index contributed by atoms with van der Waals surface area (Å²) < 4.78 is 23.3. The Bertz CT molecular complexity index is 684. The van der Waals surface area contributed by atoms with Crippen molar-refractivity contribution < 1.29 is 28.7 Å². The highest BCUT2D eigenvalue weighted by Gasteiger charge is 2.23. The van der Waals surface area contributed by atoms with Crippen molar-refractivity contribution in [3.8, 4) is 0 Å². The third-order valence-electron chi connectivity index (χ3n) is 2.23. The molecule has 10 heteroatoms. The normalized spacial score (nSPS) is 13.1. The molecule has 0 amide bonds. The van der Waals surface area contributed by atoms with E-state index in [4.69, 9.17) is 19.6 Å². The number of aromatic nitrogens is 2. The van der Waals surface area contributed by atoms with E-state index in [2.05, 4.69) is 4.98 Å².